The van der Waals surface area contributed by atoms with Crippen LogP contribution < -0.4 is 10.6 Å². The number of ether oxygens (including phenoxy) is 2. The third-order valence-electron chi connectivity index (χ3n) is 3.51. The fourth-order valence-corrected chi connectivity index (χ4v) is 2.03. The number of methoxy groups -OCH3 is 1. The smallest absolute Gasteiger partial charge is 0.190 e. The minimum absolute atomic E-state index is 0.660. The molecule has 0 aromatic rings. The zero-order valence-electron chi connectivity index (χ0n) is 14.4. The summed E-state index contributed by atoms with van der Waals surface area (Å²) in [7, 11) is 3.50. The number of rotatable bonds is 13. The second-order valence-corrected chi connectivity index (χ2v) is 5.26. The SMILES string of the molecule is CCCCC(CC)CNC(=NC)NCCCOCCOC. The molecule has 0 bridgehead atoms. The molecule has 5 nitrogen and oxygen atoms in total. The number of nitrogens with zero attached hydrogens (tertiary/aromatic N) is 1. The van der Waals surface area contributed by atoms with Crippen LogP contribution in [0.1, 0.15) is 46.0 Å². The van der Waals surface area contributed by atoms with Gasteiger partial charge < -0.3 is 20.1 Å². The van der Waals surface area contributed by atoms with Crippen LogP contribution >= 0.6 is 0 Å². The summed E-state index contributed by atoms with van der Waals surface area (Å²) in [5, 5.41) is 6.74. The van der Waals surface area contributed by atoms with E-state index in [0.29, 0.717) is 13.2 Å². The van der Waals surface area contributed by atoms with Gasteiger partial charge in [0.05, 0.1) is 13.2 Å². The van der Waals surface area contributed by atoms with Gasteiger partial charge in [-0.25, -0.2) is 0 Å². The number of aliphatic imine (C=N–C) groups is 1. The summed E-state index contributed by atoms with van der Waals surface area (Å²) in [5.74, 6) is 1.63. The summed E-state index contributed by atoms with van der Waals surface area (Å²) in [6.45, 7) is 8.46. The third kappa shape index (κ3) is 12.6. The van der Waals surface area contributed by atoms with Crippen molar-refractivity contribution in [2.24, 2.45) is 10.9 Å². The van der Waals surface area contributed by atoms with Crippen LogP contribution in [0.2, 0.25) is 0 Å². The maximum atomic E-state index is 5.42. The molecule has 0 aliphatic carbocycles. The lowest BCUT2D eigenvalue weighted by Crippen LogP contribution is -2.40. The molecule has 0 saturated heterocycles. The van der Waals surface area contributed by atoms with Crippen LogP contribution in [0, 0.1) is 5.92 Å². The molecule has 0 aliphatic rings. The predicted octanol–water partition coefficient (Wildman–Crippen LogP) is 2.42. The van der Waals surface area contributed by atoms with Gasteiger partial charge in [0, 0.05) is 33.9 Å². The molecule has 0 radical (unpaired) electrons. The molecule has 0 spiro atoms. The maximum Gasteiger partial charge on any atom is 0.190 e. The lowest BCUT2D eigenvalue weighted by Gasteiger charge is -2.18. The summed E-state index contributed by atoms with van der Waals surface area (Å²) < 4.78 is 10.4. The Bertz CT molecular complexity index is 248. The van der Waals surface area contributed by atoms with E-state index in [1.165, 1.54) is 25.7 Å². The number of unbranched alkanes of at least 4 members (excludes halogenated alkanes) is 1. The Hall–Kier alpha value is -0.810. The Morgan fingerprint density at radius 1 is 1.10 bits per heavy atom. The van der Waals surface area contributed by atoms with Crippen LogP contribution in [-0.4, -0.2) is 53.0 Å². The van der Waals surface area contributed by atoms with Gasteiger partial charge in [0.2, 0.25) is 0 Å². The Morgan fingerprint density at radius 2 is 1.90 bits per heavy atom. The molecule has 1 unspecified atom stereocenters. The van der Waals surface area contributed by atoms with E-state index in [1.807, 2.05) is 7.05 Å². The molecule has 0 aliphatic heterocycles. The number of guanidine groups is 1. The molecule has 0 aromatic carbocycles. The van der Waals surface area contributed by atoms with Crippen molar-refractivity contribution in [3.63, 3.8) is 0 Å². The minimum Gasteiger partial charge on any atom is -0.382 e. The standard InChI is InChI=1S/C16H35N3O2/c1-5-7-9-15(6-2)14-19-16(17-3)18-10-8-11-21-13-12-20-4/h15H,5-14H2,1-4H3,(H2,17,18,19). The van der Waals surface area contributed by atoms with E-state index in [0.717, 1.165) is 38.0 Å². The van der Waals surface area contributed by atoms with Gasteiger partial charge in [-0.05, 0) is 18.8 Å². The normalized spacial score (nSPS) is 13.2. The van der Waals surface area contributed by atoms with Gasteiger partial charge in [-0.2, -0.15) is 0 Å². The van der Waals surface area contributed by atoms with Crippen molar-refractivity contribution in [2.45, 2.75) is 46.0 Å². The molecule has 0 amide bonds. The summed E-state index contributed by atoms with van der Waals surface area (Å²) >= 11 is 0. The lowest BCUT2D eigenvalue weighted by molar-refractivity contribution is 0.0698. The quantitative estimate of drug-likeness (QED) is 0.312. The van der Waals surface area contributed by atoms with Gasteiger partial charge in [0.25, 0.3) is 0 Å². The van der Waals surface area contributed by atoms with Gasteiger partial charge in [-0.3, -0.25) is 4.99 Å². The molecule has 0 heterocycles. The topological polar surface area (TPSA) is 54.9 Å². The van der Waals surface area contributed by atoms with Crippen molar-refractivity contribution in [2.75, 3.05) is 47.1 Å². The summed E-state index contributed by atoms with van der Waals surface area (Å²) in [4.78, 5) is 4.26. The van der Waals surface area contributed by atoms with Gasteiger partial charge in [-0.1, -0.05) is 33.1 Å². The Morgan fingerprint density at radius 3 is 2.52 bits per heavy atom. The van der Waals surface area contributed by atoms with Crippen molar-refractivity contribution >= 4 is 5.96 Å². The molecule has 0 aromatic heterocycles. The van der Waals surface area contributed by atoms with Crippen molar-refractivity contribution in [3.8, 4) is 0 Å². The van der Waals surface area contributed by atoms with Crippen molar-refractivity contribution in [1.29, 1.82) is 0 Å². The fourth-order valence-electron chi connectivity index (χ4n) is 2.03. The van der Waals surface area contributed by atoms with E-state index >= 15 is 0 Å². The van der Waals surface area contributed by atoms with Crippen LogP contribution in [0.15, 0.2) is 4.99 Å². The third-order valence-corrected chi connectivity index (χ3v) is 3.51. The van der Waals surface area contributed by atoms with Gasteiger partial charge in [0.15, 0.2) is 5.96 Å². The van der Waals surface area contributed by atoms with Crippen LogP contribution in [0.5, 0.6) is 0 Å². The van der Waals surface area contributed by atoms with Crippen molar-refractivity contribution in [1.82, 2.24) is 10.6 Å². The largest absolute Gasteiger partial charge is 0.382 e. The van der Waals surface area contributed by atoms with Crippen LogP contribution in [0.25, 0.3) is 0 Å². The molecule has 0 fully saturated rings. The molecule has 5 heteroatoms. The van der Waals surface area contributed by atoms with Crippen molar-refractivity contribution < 1.29 is 9.47 Å². The van der Waals surface area contributed by atoms with Crippen LogP contribution in [0.3, 0.4) is 0 Å². The molecule has 0 saturated carbocycles. The Kier molecular flexibility index (Phi) is 15.0. The Labute approximate surface area is 130 Å². The van der Waals surface area contributed by atoms with E-state index in [1.54, 1.807) is 7.11 Å². The van der Waals surface area contributed by atoms with E-state index < -0.39 is 0 Å². The number of hydrogen-bond donors (Lipinski definition) is 2. The Balaban J connectivity index is 3.66. The average Bonchev–Trinajstić information content (AvgIpc) is 2.52. The molecule has 126 valence electrons. The highest BCUT2D eigenvalue weighted by atomic mass is 16.5. The van der Waals surface area contributed by atoms with Gasteiger partial charge >= 0.3 is 0 Å². The monoisotopic (exact) mass is 301 g/mol. The second-order valence-electron chi connectivity index (χ2n) is 5.26. The zero-order chi connectivity index (χ0) is 15.8. The summed E-state index contributed by atoms with van der Waals surface area (Å²) in [5.41, 5.74) is 0. The minimum atomic E-state index is 0.660. The number of nitrogens with one attached hydrogen (secondary N) is 2. The van der Waals surface area contributed by atoms with Crippen molar-refractivity contribution in [3.05, 3.63) is 0 Å². The first kappa shape index (κ1) is 20.2. The number of hydrogen-bond acceptors (Lipinski definition) is 3. The molecule has 1 atom stereocenters. The van der Waals surface area contributed by atoms with Crippen LogP contribution in [0.4, 0.5) is 0 Å². The van der Waals surface area contributed by atoms with E-state index in [4.69, 9.17) is 9.47 Å². The highest BCUT2D eigenvalue weighted by Gasteiger charge is 2.06. The fraction of sp³-hybridized carbons (Fsp3) is 0.938. The first-order chi connectivity index (χ1) is 10.3. The van der Waals surface area contributed by atoms with E-state index in [2.05, 4.69) is 29.5 Å². The highest BCUT2D eigenvalue weighted by Crippen LogP contribution is 2.10. The van der Waals surface area contributed by atoms with E-state index in [-0.39, 0.29) is 0 Å². The highest BCUT2D eigenvalue weighted by molar-refractivity contribution is 5.79. The van der Waals surface area contributed by atoms with Gasteiger partial charge in [-0.15, -0.1) is 0 Å². The van der Waals surface area contributed by atoms with Crippen LogP contribution in [-0.2, 0) is 9.47 Å². The van der Waals surface area contributed by atoms with E-state index in [9.17, 15) is 0 Å². The molecule has 2 N–H and O–H groups in total. The first-order valence-corrected chi connectivity index (χ1v) is 8.29. The predicted molar refractivity (Wildman–Crippen MR) is 90.0 cm³/mol. The van der Waals surface area contributed by atoms with Gasteiger partial charge in [0.1, 0.15) is 0 Å². The maximum absolute atomic E-state index is 5.42. The molecule has 21 heavy (non-hydrogen) atoms. The summed E-state index contributed by atoms with van der Waals surface area (Å²) in [6.07, 6.45) is 6.07. The average molecular weight is 301 g/mol. The second kappa shape index (κ2) is 15.6. The molecular weight excluding hydrogens is 266 g/mol. The molecule has 0 rings (SSSR count). The zero-order valence-corrected chi connectivity index (χ0v) is 14.4. The molecular formula is C16H35N3O2. The lowest BCUT2D eigenvalue weighted by atomic mass is 9.99. The first-order valence-electron chi connectivity index (χ1n) is 8.29. The summed E-state index contributed by atoms with van der Waals surface area (Å²) in [6, 6.07) is 0.